The number of hydrogen-bond acceptors (Lipinski definition) is 7. The molecule has 0 aliphatic rings. The summed E-state index contributed by atoms with van der Waals surface area (Å²) in [5.74, 6) is -0.398. The van der Waals surface area contributed by atoms with E-state index in [2.05, 4.69) is 25.4 Å². The van der Waals surface area contributed by atoms with Gasteiger partial charge in [0.2, 0.25) is 0 Å². The molecule has 0 radical (unpaired) electrons. The molecule has 4 aromatic rings. The highest BCUT2D eigenvalue weighted by Crippen LogP contribution is 2.29. The average molecular weight is 378 g/mol. The van der Waals surface area contributed by atoms with Gasteiger partial charge < -0.3 is 10.4 Å². The molecule has 3 heterocycles. The average Bonchev–Trinajstić information content (AvgIpc) is 3.07. The van der Waals surface area contributed by atoms with E-state index in [0.29, 0.717) is 11.0 Å². The van der Waals surface area contributed by atoms with Crippen molar-refractivity contribution in [2.75, 3.05) is 11.6 Å². The van der Waals surface area contributed by atoms with E-state index in [0.717, 1.165) is 16.6 Å². The zero-order valence-electron chi connectivity index (χ0n) is 14.2. The van der Waals surface area contributed by atoms with Crippen molar-refractivity contribution in [1.29, 1.82) is 0 Å². The summed E-state index contributed by atoms with van der Waals surface area (Å²) in [7, 11) is 0. The third-order valence-corrected chi connectivity index (χ3v) is 4.47. The number of carbonyl (C=O) groups is 1. The number of carboxylic acid groups (broad SMARTS) is 1. The highest BCUT2D eigenvalue weighted by Gasteiger charge is 2.17. The van der Waals surface area contributed by atoms with Crippen LogP contribution in [0, 0.1) is 0 Å². The first-order valence-corrected chi connectivity index (χ1v) is 9.19. The second-order valence-corrected chi connectivity index (χ2v) is 6.31. The second-order valence-electron chi connectivity index (χ2n) is 5.53. The van der Waals surface area contributed by atoms with E-state index >= 15 is 0 Å². The molecule has 134 valence electrons. The topological polar surface area (TPSA) is 106 Å². The Kier molecular flexibility index (Phi) is 4.43. The first-order valence-electron chi connectivity index (χ1n) is 7.97. The summed E-state index contributed by atoms with van der Waals surface area (Å²) in [6, 6.07) is 11.4. The third-order valence-electron chi connectivity index (χ3n) is 3.91. The first-order chi connectivity index (χ1) is 13.2. The molecule has 0 saturated heterocycles. The number of thioether (sulfide) groups is 1. The standard InChI is InChI=1S/C18H14N6O2S/c1-27-18-20-10-13(17(25)26)15(22-18)21-16-12-4-2-3-5-14(12)24(23-16)11-6-8-19-9-7-11/h2-10H,1H3,(H,25,26)(H,20,21,22,23). The maximum Gasteiger partial charge on any atom is 0.341 e. The highest BCUT2D eigenvalue weighted by atomic mass is 32.2. The SMILES string of the molecule is CSc1ncc(C(=O)O)c(Nc2nn(-c3ccncc3)c3ccccc23)n1. The third kappa shape index (κ3) is 3.20. The van der Waals surface area contributed by atoms with E-state index in [1.54, 1.807) is 17.1 Å². The molecule has 0 aliphatic heterocycles. The lowest BCUT2D eigenvalue weighted by Gasteiger charge is -2.07. The molecule has 0 saturated carbocycles. The Balaban J connectivity index is 1.86. The van der Waals surface area contributed by atoms with Crippen LogP contribution in [0.4, 0.5) is 11.6 Å². The molecule has 0 fully saturated rings. The summed E-state index contributed by atoms with van der Waals surface area (Å²) in [4.78, 5) is 23.9. The zero-order valence-corrected chi connectivity index (χ0v) is 15.0. The summed E-state index contributed by atoms with van der Waals surface area (Å²) >= 11 is 1.33. The number of para-hydroxylation sites is 1. The minimum Gasteiger partial charge on any atom is -0.477 e. The van der Waals surface area contributed by atoms with E-state index in [-0.39, 0.29) is 11.4 Å². The number of carboxylic acids is 1. The molecule has 3 aromatic heterocycles. The number of pyridine rings is 1. The van der Waals surface area contributed by atoms with Crippen molar-refractivity contribution < 1.29 is 9.90 Å². The largest absolute Gasteiger partial charge is 0.477 e. The van der Waals surface area contributed by atoms with Gasteiger partial charge in [0.15, 0.2) is 16.8 Å². The lowest BCUT2D eigenvalue weighted by Crippen LogP contribution is -2.07. The maximum atomic E-state index is 11.5. The Morgan fingerprint density at radius 2 is 1.93 bits per heavy atom. The van der Waals surface area contributed by atoms with Crippen molar-refractivity contribution in [3.8, 4) is 5.69 Å². The van der Waals surface area contributed by atoms with Crippen LogP contribution in [0.15, 0.2) is 60.1 Å². The van der Waals surface area contributed by atoms with E-state index < -0.39 is 5.97 Å². The molecule has 0 spiro atoms. The van der Waals surface area contributed by atoms with Crippen molar-refractivity contribution in [3.63, 3.8) is 0 Å². The molecule has 1 aromatic carbocycles. The van der Waals surface area contributed by atoms with Crippen LogP contribution in [0.25, 0.3) is 16.6 Å². The Morgan fingerprint density at radius 3 is 2.67 bits per heavy atom. The number of aromatic carboxylic acids is 1. The number of anilines is 2. The van der Waals surface area contributed by atoms with Crippen molar-refractivity contribution in [2.45, 2.75) is 5.16 Å². The Morgan fingerprint density at radius 1 is 1.15 bits per heavy atom. The maximum absolute atomic E-state index is 11.5. The Labute approximate surface area is 158 Å². The van der Waals surface area contributed by atoms with Gasteiger partial charge in [-0.15, -0.1) is 5.10 Å². The predicted molar refractivity (Wildman–Crippen MR) is 103 cm³/mol. The van der Waals surface area contributed by atoms with Crippen LogP contribution in [0.2, 0.25) is 0 Å². The van der Waals surface area contributed by atoms with Crippen molar-refractivity contribution in [2.24, 2.45) is 0 Å². The number of benzene rings is 1. The van der Waals surface area contributed by atoms with Gasteiger partial charge in [-0.2, -0.15) is 0 Å². The molecule has 0 unspecified atom stereocenters. The second kappa shape index (κ2) is 7.04. The number of fused-ring (bicyclic) bond motifs is 1. The molecule has 9 heteroatoms. The minimum atomic E-state index is -1.11. The number of aromatic nitrogens is 5. The van der Waals surface area contributed by atoms with Gasteiger partial charge in [-0.05, 0) is 30.5 Å². The quantitative estimate of drug-likeness (QED) is 0.402. The van der Waals surface area contributed by atoms with Crippen LogP contribution in [0.1, 0.15) is 10.4 Å². The lowest BCUT2D eigenvalue weighted by atomic mass is 10.2. The van der Waals surface area contributed by atoms with Gasteiger partial charge >= 0.3 is 5.97 Å². The molecule has 27 heavy (non-hydrogen) atoms. The molecule has 0 atom stereocenters. The molecular weight excluding hydrogens is 364 g/mol. The monoisotopic (exact) mass is 378 g/mol. The van der Waals surface area contributed by atoms with Crippen molar-refractivity contribution in [3.05, 3.63) is 60.6 Å². The summed E-state index contributed by atoms with van der Waals surface area (Å²) in [6.07, 6.45) is 6.51. The Bertz CT molecular complexity index is 1130. The lowest BCUT2D eigenvalue weighted by molar-refractivity contribution is 0.0697. The summed E-state index contributed by atoms with van der Waals surface area (Å²) in [6.45, 7) is 0. The smallest absolute Gasteiger partial charge is 0.341 e. The van der Waals surface area contributed by atoms with Gasteiger partial charge in [0.05, 0.1) is 11.2 Å². The van der Waals surface area contributed by atoms with Crippen LogP contribution in [0.5, 0.6) is 0 Å². The fourth-order valence-electron chi connectivity index (χ4n) is 2.67. The minimum absolute atomic E-state index is 0.0182. The molecule has 0 amide bonds. The van der Waals surface area contributed by atoms with Gasteiger partial charge in [-0.3, -0.25) is 4.98 Å². The molecule has 8 nitrogen and oxygen atoms in total. The first kappa shape index (κ1) is 17.0. The van der Waals surface area contributed by atoms with E-state index in [1.807, 2.05) is 42.7 Å². The van der Waals surface area contributed by atoms with Gasteiger partial charge in [-0.25, -0.2) is 19.4 Å². The number of rotatable bonds is 5. The van der Waals surface area contributed by atoms with Crippen LogP contribution < -0.4 is 5.32 Å². The number of hydrogen-bond donors (Lipinski definition) is 2. The van der Waals surface area contributed by atoms with E-state index in [4.69, 9.17) is 0 Å². The van der Waals surface area contributed by atoms with Gasteiger partial charge in [0, 0.05) is 24.0 Å². The molecule has 4 rings (SSSR count). The predicted octanol–water partition coefficient (Wildman–Crippen LogP) is 3.37. The van der Waals surface area contributed by atoms with Gasteiger partial charge in [-0.1, -0.05) is 23.9 Å². The van der Waals surface area contributed by atoms with Crippen molar-refractivity contribution in [1.82, 2.24) is 24.7 Å². The number of nitrogens with one attached hydrogen (secondary N) is 1. The summed E-state index contributed by atoms with van der Waals surface area (Å²) < 4.78 is 1.77. The fraction of sp³-hybridized carbons (Fsp3) is 0.0556. The summed E-state index contributed by atoms with van der Waals surface area (Å²) in [5.41, 5.74) is 1.71. The van der Waals surface area contributed by atoms with Crippen LogP contribution >= 0.6 is 11.8 Å². The zero-order chi connectivity index (χ0) is 18.8. The van der Waals surface area contributed by atoms with Crippen molar-refractivity contribution >= 4 is 40.3 Å². The molecule has 2 N–H and O–H groups in total. The molecular formula is C18H14N6O2S. The normalized spacial score (nSPS) is 10.9. The van der Waals surface area contributed by atoms with Crippen LogP contribution in [-0.4, -0.2) is 42.1 Å². The fourth-order valence-corrected chi connectivity index (χ4v) is 3.01. The molecule has 0 bridgehead atoms. The highest BCUT2D eigenvalue weighted by molar-refractivity contribution is 7.98. The Hall–Kier alpha value is -3.46. The number of nitrogens with zero attached hydrogens (tertiary/aromatic N) is 5. The molecule has 0 aliphatic carbocycles. The van der Waals surface area contributed by atoms with Crippen LogP contribution in [0.3, 0.4) is 0 Å². The van der Waals surface area contributed by atoms with Gasteiger partial charge in [0.25, 0.3) is 0 Å². The summed E-state index contributed by atoms with van der Waals surface area (Å²) in [5, 5.41) is 18.5. The van der Waals surface area contributed by atoms with E-state index in [1.165, 1.54) is 18.0 Å². The van der Waals surface area contributed by atoms with E-state index in [9.17, 15) is 9.90 Å². The van der Waals surface area contributed by atoms with Gasteiger partial charge in [0.1, 0.15) is 5.56 Å². The van der Waals surface area contributed by atoms with Crippen LogP contribution in [-0.2, 0) is 0 Å².